The number of halogens is 1. The molecule has 0 spiro atoms. The van der Waals surface area contributed by atoms with Gasteiger partial charge >= 0.3 is 5.97 Å². The van der Waals surface area contributed by atoms with E-state index in [1.54, 1.807) is 0 Å². The minimum atomic E-state index is -0.308. The van der Waals surface area contributed by atoms with Crippen LogP contribution in [0.25, 0.3) is 11.4 Å². The van der Waals surface area contributed by atoms with Crippen molar-refractivity contribution in [3.63, 3.8) is 0 Å². The first kappa shape index (κ1) is 13.2. The summed E-state index contributed by atoms with van der Waals surface area (Å²) in [6, 6.07) is 7.23. The SMILES string of the molecule is COC(=O)C1CCCc2cnc(-c3ccccc3Cl)n21. The molecule has 5 heteroatoms. The number of aryl methyl sites for hydroxylation is 1. The van der Waals surface area contributed by atoms with Gasteiger partial charge in [0.1, 0.15) is 11.9 Å². The normalized spacial score (nSPS) is 17.6. The van der Waals surface area contributed by atoms with Crippen molar-refractivity contribution in [2.24, 2.45) is 0 Å². The van der Waals surface area contributed by atoms with E-state index < -0.39 is 0 Å². The minimum Gasteiger partial charge on any atom is -0.467 e. The van der Waals surface area contributed by atoms with Crippen LogP contribution in [0, 0.1) is 0 Å². The lowest BCUT2D eigenvalue weighted by atomic mass is 10.0. The fourth-order valence-corrected chi connectivity index (χ4v) is 2.96. The number of benzene rings is 1. The molecule has 0 aliphatic carbocycles. The highest BCUT2D eigenvalue weighted by Gasteiger charge is 2.30. The molecule has 4 nitrogen and oxygen atoms in total. The molecule has 0 fully saturated rings. The lowest BCUT2D eigenvalue weighted by Gasteiger charge is -2.25. The van der Waals surface area contributed by atoms with Gasteiger partial charge in [-0.05, 0) is 31.4 Å². The van der Waals surface area contributed by atoms with Crippen LogP contribution in [-0.2, 0) is 16.0 Å². The monoisotopic (exact) mass is 290 g/mol. The molecule has 0 bridgehead atoms. The molecule has 1 aliphatic rings. The zero-order valence-electron chi connectivity index (χ0n) is 11.2. The molecule has 2 heterocycles. The summed E-state index contributed by atoms with van der Waals surface area (Å²) in [6.07, 6.45) is 4.49. The molecule has 20 heavy (non-hydrogen) atoms. The fourth-order valence-electron chi connectivity index (χ4n) is 2.74. The second-order valence-electron chi connectivity index (χ2n) is 4.85. The maximum absolute atomic E-state index is 12.0. The quantitative estimate of drug-likeness (QED) is 0.798. The summed E-state index contributed by atoms with van der Waals surface area (Å²) < 4.78 is 6.89. The van der Waals surface area contributed by atoms with Gasteiger partial charge in [-0.1, -0.05) is 23.7 Å². The van der Waals surface area contributed by atoms with Gasteiger partial charge in [0.25, 0.3) is 0 Å². The summed E-state index contributed by atoms with van der Waals surface area (Å²) in [5.74, 6) is 0.512. The predicted molar refractivity (Wildman–Crippen MR) is 76.7 cm³/mol. The highest BCUT2D eigenvalue weighted by molar-refractivity contribution is 6.33. The zero-order chi connectivity index (χ0) is 14.1. The lowest BCUT2D eigenvalue weighted by molar-refractivity contribution is -0.145. The Labute approximate surface area is 122 Å². The number of hydrogen-bond donors (Lipinski definition) is 0. The molecule has 0 saturated carbocycles. The van der Waals surface area contributed by atoms with Crippen molar-refractivity contribution >= 4 is 17.6 Å². The maximum atomic E-state index is 12.0. The van der Waals surface area contributed by atoms with Crippen LogP contribution in [0.4, 0.5) is 0 Å². The number of rotatable bonds is 2. The van der Waals surface area contributed by atoms with Crippen molar-refractivity contribution < 1.29 is 9.53 Å². The number of fused-ring (bicyclic) bond motifs is 1. The number of aromatic nitrogens is 2. The summed E-state index contributed by atoms with van der Waals surface area (Å²) in [6.45, 7) is 0. The molecule has 0 N–H and O–H groups in total. The van der Waals surface area contributed by atoms with Gasteiger partial charge in [-0.2, -0.15) is 0 Å². The van der Waals surface area contributed by atoms with Crippen LogP contribution in [0.15, 0.2) is 30.5 Å². The smallest absolute Gasteiger partial charge is 0.328 e. The number of carbonyl (C=O) groups is 1. The topological polar surface area (TPSA) is 44.1 Å². The second-order valence-corrected chi connectivity index (χ2v) is 5.26. The van der Waals surface area contributed by atoms with Crippen LogP contribution < -0.4 is 0 Å². The first-order chi connectivity index (χ1) is 9.72. The Kier molecular flexibility index (Phi) is 3.49. The van der Waals surface area contributed by atoms with Gasteiger partial charge in [0.15, 0.2) is 0 Å². The molecular weight excluding hydrogens is 276 g/mol. The Balaban J connectivity index is 2.13. The Bertz CT molecular complexity index is 651. The zero-order valence-corrected chi connectivity index (χ0v) is 11.9. The highest BCUT2D eigenvalue weighted by Crippen LogP contribution is 2.34. The number of methoxy groups -OCH3 is 1. The summed E-state index contributed by atoms with van der Waals surface area (Å²) in [7, 11) is 1.42. The molecule has 0 saturated heterocycles. The highest BCUT2D eigenvalue weighted by atomic mass is 35.5. The third kappa shape index (κ3) is 2.10. The van der Waals surface area contributed by atoms with Gasteiger partial charge in [-0.25, -0.2) is 9.78 Å². The second kappa shape index (κ2) is 5.29. The van der Waals surface area contributed by atoms with E-state index >= 15 is 0 Å². The first-order valence-electron chi connectivity index (χ1n) is 6.61. The number of hydrogen-bond acceptors (Lipinski definition) is 3. The number of esters is 1. The van der Waals surface area contributed by atoms with Crippen molar-refractivity contribution in [3.05, 3.63) is 41.2 Å². The van der Waals surface area contributed by atoms with Crippen molar-refractivity contribution in [3.8, 4) is 11.4 Å². The van der Waals surface area contributed by atoms with Gasteiger partial charge < -0.3 is 9.30 Å². The van der Waals surface area contributed by atoms with Crippen LogP contribution in [0.1, 0.15) is 24.6 Å². The molecule has 1 aromatic heterocycles. The largest absolute Gasteiger partial charge is 0.467 e. The maximum Gasteiger partial charge on any atom is 0.328 e. The molecule has 1 aromatic carbocycles. The molecule has 104 valence electrons. The van der Waals surface area contributed by atoms with E-state index in [0.29, 0.717) is 5.02 Å². The summed E-state index contributed by atoms with van der Waals surface area (Å²) >= 11 is 6.25. The Hall–Kier alpha value is -1.81. The van der Waals surface area contributed by atoms with Crippen molar-refractivity contribution in [1.82, 2.24) is 9.55 Å². The van der Waals surface area contributed by atoms with Gasteiger partial charge in [0.05, 0.1) is 12.1 Å². The standard InChI is InChI=1S/C15H15ClN2O2/c1-20-15(19)13-8-4-5-10-9-17-14(18(10)13)11-6-2-3-7-12(11)16/h2-3,6-7,9,13H,4-5,8H2,1H3. The lowest BCUT2D eigenvalue weighted by Crippen LogP contribution is -2.26. The third-order valence-electron chi connectivity index (χ3n) is 3.68. The molecule has 1 unspecified atom stereocenters. The molecule has 0 amide bonds. The van der Waals surface area contributed by atoms with E-state index in [2.05, 4.69) is 4.98 Å². The van der Waals surface area contributed by atoms with Crippen molar-refractivity contribution in [1.29, 1.82) is 0 Å². The van der Waals surface area contributed by atoms with Crippen LogP contribution in [-0.4, -0.2) is 22.6 Å². The Morgan fingerprint density at radius 1 is 1.45 bits per heavy atom. The fraction of sp³-hybridized carbons (Fsp3) is 0.333. The van der Waals surface area contributed by atoms with Gasteiger partial charge in [0, 0.05) is 17.5 Å². The van der Waals surface area contributed by atoms with E-state index in [-0.39, 0.29) is 12.0 Å². The van der Waals surface area contributed by atoms with Crippen molar-refractivity contribution in [2.75, 3.05) is 7.11 Å². The van der Waals surface area contributed by atoms with E-state index in [1.807, 2.05) is 35.0 Å². The average molecular weight is 291 g/mol. The summed E-state index contributed by atoms with van der Waals surface area (Å²) in [5.41, 5.74) is 1.90. The summed E-state index contributed by atoms with van der Waals surface area (Å²) in [4.78, 5) is 16.5. The molecule has 3 rings (SSSR count). The third-order valence-corrected chi connectivity index (χ3v) is 4.01. The van der Waals surface area contributed by atoms with Gasteiger partial charge in [-0.15, -0.1) is 0 Å². The van der Waals surface area contributed by atoms with Crippen molar-refractivity contribution in [2.45, 2.75) is 25.3 Å². The number of carbonyl (C=O) groups excluding carboxylic acids is 1. The van der Waals surface area contributed by atoms with E-state index in [4.69, 9.17) is 16.3 Å². The number of imidazole rings is 1. The van der Waals surface area contributed by atoms with Gasteiger partial charge in [0.2, 0.25) is 0 Å². The van der Waals surface area contributed by atoms with Crippen LogP contribution in [0.2, 0.25) is 5.02 Å². The van der Waals surface area contributed by atoms with E-state index in [9.17, 15) is 4.79 Å². The predicted octanol–water partition coefficient (Wildman–Crippen LogP) is 3.25. The Morgan fingerprint density at radius 3 is 3.00 bits per heavy atom. The average Bonchev–Trinajstić information content (AvgIpc) is 2.91. The molecule has 1 aliphatic heterocycles. The number of nitrogens with zero attached hydrogens (tertiary/aromatic N) is 2. The molecular formula is C15H15ClN2O2. The molecule has 1 atom stereocenters. The van der Waals surface area contributed by atoms with E-state index in [0.717, 1.165) is 36.3 Å². The van der Waals surface area contributed by atoms with Crippen LogP contribution in [0.5, 0.6) is 0 Å². The van der Waals surface area contributed by atoms with Crippen LogP contribution in [0.3, 0.4) is 0 Å². The van der Waals surface area contributed by atoms with E-state index in [1.165, 1.54) is 7.11 Å². The summed E-state index contributed by atoms with van der Waals surface area (Å²) in [5, 5.41) is 0.634. The molecule has 2 aromatic rings. The minimum absolute atomic E-state index is 0.225. The molecule has 0 radical (unpaired) electrons. The Morgan fingerprint density at radius 2 is 2.25 bits per heavy atom. The van der Waals surface area contributed by atoms with Gasteiger partial charge in [-0.3, -0.25) is 0 Å². The van der Waals surface area contributed by atoms with Crippen LogP contribution >= 0.6 is 11.6 Å². The number of ether oxygens (including phenoxy) is 1. The first-order valence-corrected chi connectivity index (χ1v) is 6.99.